The Morgan fingerprint density at radius 2 is 2.15 bits per heavy atom. The Bertz CT molecular complexity index is 398. The SMILES string of the molecule is COCCOCc1cccc(NC(=O)CCCCBr)c1. The Hall–Kier alpha value is -0.910. The maximum absolute atomic E-state index is 11.7. The van der Waals surface area contributed by atoms with E-state index in [9.17, 15) is 4.79 Å². The number of carbonyl (C=O) groups is 1. The average molecular weight is 344 g/mol. The molecule has 0 spiro atoms. The molecule has 1 N–H and O–H groups in total. The molecule has 0 aliphatic rings. The first-order valence-corrected chi connectivity index (χ1v) is 7.90. The summed E-state index contributed by atoms with van der Waals surface area (Å²) < 4.78 is 10.4. The Morgan fingerprint density at radius 3 is 2.90 bits per heavy atom. The molecule has 0 unspecified atom stereocenters. The van der Waals surface area contributed by atoms with E-state index in [1.54, 1.807) is 7.11 Å². The summed E-state index contributed by atoms with van der Waals surface area (Å²) in [7, 11) is 1.65. The van der Waals surface area contributed by atoms with Crippen molar-refractivity contribution in [3.05, 3.63) is 29.8 Å². The van der Waals surface area contributed by atoms with E-state index < -0.39 is 0 Å². The summed E-state index contributed by atoms with van der Waals surface area (Å²) in [5, 5.41) is 3.85. The van der Waals surface area contributed by atoms with Crippen LogP contribution < -0.4 is 5.32 Å². The fraction of sp³-hybridized carbons (Fsp3) is 0.533. The first-order valence-electron chi connectivity index (χ1n) is 6.77. The third-order valence-corrected chi connectivity index (χ3v) is 3.26. The molecule has 0 bridgehead atoms. The van der Waals surface area contributed by atoms with Crippen LogP contribution in [0.5, 0.6) is 0 Å². The molecular weight excluding hydrogens is 322 g/mol. The third kappa shape index (κ3) is 7.62. The number of nitrogens with one attached hydrogen (secondary N) is 1. The van der Waals surface area contributed by atoms with Crippen LogP contribution in [0.2, 0.25) is 0 Å². The highest BCUT2D eigenvalue weighted by Crippen LogP contribution is 2.12. The summed E-state index contributed by atoms with van der Waals surface area (Å²) in [5.41, 5.74) is 1.86. The van der Waals surface area contributed by atoms with E-state index in [-0.39, 0.29) is 5.91 Å². The molecule has 4 nitrogen and oxygen atoms in total. The zero-order valence-electron chi connectivity index (χ0n) is 11.9. The number of ether oxygens (including phenoxy) is 2. The van der Waals surface area contributed by atoms with Gasteiger partial charge < -0.3 is 14.8 Å². The maximum atomic E-state index is 11.7. The second-order valence-corrected chi connectivity index (χ2v) is 5.23. The molecule has 5 heteroatoms. The molecule has 0 radical (unpaired) electrons. The van der Waals surface area contributed by atoms with Crippen molar-refractivity contribution in [2.24, 2.45) is 0 Å². The molecule has 1 aromatic rings. The van der Waals surface area contributed by atoms with Crippen molar-refractivity contribution in [1.82, 2.24) is 0 Å². The van der Waals surface area contributed by atoms with Gasteiger partial charge in [-0.25, -0.2) is 0 Å². The molecule has 0 atom stereocenters. The topological polar surface area (TPSA) is 47.6 Å². The van der Waals surface area contributed by atoms with E-state index in [0.29, 0.717) is 26.2 Å². The van der Waals surface area contributed by atoms with Gasteiger partial charge in [-0.1, -0.05) is 28.1 Å². The highest BCUT2D eigenvalue weighted by molar-refractivity contribution is 9.09. The molecule has 0 aliphatic heterocycles. The smallest absolute Gasteiger partial charge is 0.224 e. The van der Waals surface area contributed by atoms with Gasteiger partial charge in [-0.15, -0.1) is 0 Å². The van der Waals surface area contributed by atoms with Gasteiger partial charge in [0.25, 0.3) is 0 Å². The minimum absolute atomic E-state index is 0.0587. The van der Waals surface area contributed by atoms with Gasteiger partial charge in [0.2, 0.25) is 5.91 Å². The lowest BCUT2D eigenvalue weighted by molar-refractivity contribution is -0.116. The molecule has 1 aromatic carbocycles. The van der Waals surface area contributed by atoms with Crippen molar-refractivity contribution >= 4 is 27.5 Å². The number of rotatable bonds is 10. The van der Waals surface area contributed by atoms with Crippen LogP contribution in [0.25, 0.3) is 0 Å². The predicted octanol–water partition coefficient (Wildman–Crippen LogP) is 3.35. The van der Waals surface area contributed by atoms with Crippen LogP contribution in [0.1, 0.15) is 24.8 Å². The lowest BCUT2D eigenvalue weighted by Gasteiger charge is -2.08. The molecule has 1 rings (SSSR count). The molecule has 0 aromatic heterocycles. The van der Waals surface area contributed by atoms with Crippen molar-refractivity contribution in [2.75, 3.05) is 31.0 Å². The monoisotopic (exact) mass is 343 g/mol. The highest BCUT2D eigenvalue weighted by atomic mass is 79.9. The highest BCUT2D eigenvalue weighted by Gasteiger charge is 2.03. The summed E-state index contributed by atoms with van der Waals surface area (Å²) in [4.78, 5) is 11.7. The summed E-state index contributed by atoms with van der Waals surface area (Å²) in [6.07, 6.45) is 2.47. The quantitative estimate of drug-likeness (QED) is 0.523. The lowest BCUT2D eigenvalue weighted by atomic mass is 10.2. The standard InChI is InChI=1S/C15H22BrNO3/c1-19-9-10-20-12-13-5-4-6-14(11-13)17-15(18)7-2-3-8-16/h4-6,11H,2-3,7-10,12H2,1H3,(H,17,18). The van der Waals surface area contributed by atoms with E-state index >= 15 is 0 Å². The Balaban J connectivity index is 2.36. The van der Waals surface area contributed by atoms with Crippen molar-refractivity contribution < 1.29 is 14.3 Å². The van der Waals surface area contributed by atoms with Crippen molar-refractivity contribution in [3.63, 3.8) is 0 Å². The molecule has 0 fully saturated rings. The summed E-state index contributed by atoms with van der Waals surface area (Å²) in [6, 6.07) is 7.73. The molecule has 0 aliphatic carbocycles. The van der Waals surface area contributed by atoms with Gasteiger partial charge in [0.15, 0.2) is 0 Å². The van der Waals surface area contributed by atoms with Gasteiger partial charge in [-0.2, -0.15) is 0 Å². The van der Waals surface area contributed by atoms with Crippen LogP contribution >= 0.6 is 15.9 Å². The average Bonchev–Trinajstić information content (AvgIpc) is 2.44. The van der Waals surface area contributed by atoms with E-state index in [0.717, 1.165) is 29.4 Å². The Kier molecular flexibility index (Phi) is 9.28. The molecule has 0 heterocycles. The molecule has 112 valence electrons. The number of amides is 1. The third-order valence-electron chi connectivity index (χ3n) is 2.70. The maximum Gasteiger partial charge on any atom is 0.224 e. The molecule has 20 heavy (non-hydrogen) atoms. The summed E-state index contributed by atoms with van der Waals surface area (Å²) in [5.74, 6) is 0.0587. The Morgan fingerprint density at radius 1 is 1.30 bits per heavy atom. The van der Waals surface area contributed by atoms with Crippen molar-refractivity contribution in [3.8, 4) is 0 Å². The van der Waals surface area contributed by atoms with Gasteiger partial charge in [0.1, 0.15) is 0 Å². The molecule has 0 saturated heterocycles. The van der Waals surface area contributed by atoms with Gasteiger partial charge in [0.05, 0.1) is 19.8 Å². The number of anilines is 1. The largest absolute Gasteiger partial charge is 0.382 e. The van der Waals surface area contributed by atoms with E-state index in [4.69, 9.17) is 9.47 Å². The van der Waals surface area contributed by atoms with Gasteiger partial charge in [-0.05, 0) is 30.5 Å². The number of hydrogen-bond acceptors (Lipinski definition) is 3. The van der Waals surface area contributed by atoms with Crippen LogP contribution in [0, 0.1) is 0 Å². The van der Waals surface area contributed by atoms with Crippen LogP contribution in [0.4, 0.5) is 5.69 Å². The van der Waals surface area contributed by atoms with Gasteiger partial charge in [0, 0.05) is 24.5 Å². The van der Waals surface area contributed by atoms with E-state index in [2.05, 4.69) is 21.2 Å². The number of methoxy groups -OCH3 is 1. The number of alkyl halides is 1. The number of hydrogen-bond donors (Lipinski definition) is 1. The fourth-order valence-electron chi connectivity index (χ4n) is 1.67. The van der Waals surface area contributed by atoms with Crippen LogP contribution in [0.3, 0.4) is 0 Å². The van der Waals surface area contributed by atoms with Crippen LogP contribution in [-0.2, 0) is 20.9 Å². The van der Waals surface area contributed by atoms with Gasteiger partial charge in [-0.3, -0.25) is 4.79 Å². The van der Waals surface area contributed by atoms with Crippen LogP contribution in [-0.4, -0.2) is 31.6 Å². The minimum Gasteiger partial charge on any atom is -0.382 e. The Labute approximate surface area is 129 Å². The van der Waals surface area contributed by atoms with Crippen molar-refractivity contribution in [1.29, 1.82) is 0 Å². The van der Waals surface area contributed by atoms with Gasteiger partial charge >= 0.3 is 0 Å². The van der Waals surface area contributed by atoms with Crippen LogP contribution in [0.15, 0.2) is 24.3 Å². The first-order chi connectivity index (χ1) is 9.76. The molecule has 1 amide bonds. The van der Waals surface area contributed by atoms with E-state index in [1.165, 1.54) is 0 Å². The zero-order valence-corrected chi connectivity index (χ0v) is 13.4. The first kappa shape index (κ1) is 17.1. The second kappa shape index (κ2) is 10.8. The summed E-state index contributed by atoms with van der Waals surface area (Å²) in [6.45, 7) is 1.68. The van der Waals surface area contributed by atoms with Crippen molar-refractivity contribution in [2.45, 2.75) is 25.9 Å². The second-order valence-electron chi connectivity index (χ2n) is 4.44. The normalized spacial score (nSPS) is 10.5. The predicted molar refractivity (Wildman–Crippen MR) is 84.2 cm³/mol. The number of unbranched alkanes of at least 4 members (excludes halogenated alkanes) is 1. The molecular formula is C15H22BrNO3. The number of halogens is 1. The lowest BCUT2D eigenvalue weighted by Crippen LogP contribution is -2.11. The molecule has 0 saturated carbocycles. The number of carbonyl (C=O) groups excluding carboxylic acids is 1. The number of benzene rings is 1. The zero-order chi connectivity index (χ0) is 14.6. The van der Waals surface area contributed by atoms with E-state index in [1.807, 2.05) is 24.3 Å². The fourth-order valence-corrected chi connectivity index (χ4v) is 2.07. The minimum atomic E-state index is 0.0587. The summed E-state index contributed by atoms with van der Waals surface area (Å²) >= 11 is 3.36.